The summed E-state index contributed by atoms with van der Waals surface area (Å²) in [6, 6.07) is 14.9. The fraction of sp³-hybridized carbons (Fsp3) is 0.118. The molecule has 0 N–H and O–H groups in total. The average molecular weight is 423 g/mol. The van der Waals surface area contributed by atoms with Crippen molar-refractivity contribution in [3.63, 3.8) is 0 Å². The van der Waals surface area contributed by atoms with Crippen molar-refractivity contribution in [2.24, 2.45) is 7.05 Å². The lowest BCUT2D eigenvalue weighted by Gasteiger charge is -2.06. The highest BCUT2D eigenvalue weighted by molar-refractivity contribution is 9.10. The van der Waals surface area contributed by atoms with Crippen LogP contribution in [0.5, 0.6) is 0 Å². The van der Waals surface area contributed by atoms with Crippen molar-refractivity contribution in [3.8, 4) is 11.4 Å². The van der Waals surface area contributed by atoms with Gasteiger partial charge < -0.3 is 4.57 Å². The molecule has 0 radical (unpaired) electrons. The third kappa shape index (κ3) is 3.55. The first-order chi connectivity index (χ1) is 11.6. The Morgan fingerprint density at radius 1 is 1.17 bits per heavy atom. The molecule has 2 aromatic carbocycles. The smallest absolute Gasteiger partial charge is 0.191 e. The molecule has 0 amide bonds. The molecule has 24 heavy (non-hydrogen) atoms. The molecule has 1 aromatic heterocycles. The number of Topliss-reactive ketones (excluding diaryl/α,β-unsaturated/α-hetero) is 1. The first kappa shape index (κ1) is 17.2. The molecule has 0 fully saturated rings. The maximum Gasteiger partial charge on any atom is 0.191 e. The van der Waals surface area contributed by atoms with E-state index in [4.69, 9.17) is 11.6 Å². The van der Waals surface area contributed by atoms with Crippen LogP contribution in [0.25, 0.3) is 11.4 Å². The largest absolute Gasteiger partial charge is 0.305 e. The molecule has 0 aliphatic carbocycles. The van der Waals surface area contributed by atoms with E-state index in [9.17, 15) is 4.79 Å². The van der Waals surface area contributed by atoms with Gasteiger partial charge in [-0.25, -0.2) is 0 Å². The monoisotopic (exact) mass is 421 g/mol. The minimum Gasteiger partial charge on any atom is -0.305 e. The van der Waals surface area contributed by atoms with Crippen molar-refractivity contribution in [2.45, 2.75) is 5.16 Å². The van der Waals surface area contributed by atoms with E-state index in [1.54, 1.807) is 6.07 Å². The zero-order chi connectivity index (χ0) is 17.1. The Labute approximate surface area is 157 Å². The highest BCUT2D eigenvalue weighted by Gasteiger charge is 2.16. The van der Waals surface area contributed by atoms with Crippen LogP contribution in [-0.4, -0.2) is 26.3 Å². The molecule has 0 saturated heterocycles. The van der Waals surface area contributed by atoms with Gasteiger partial charge in [-0.05, 0) is 18.2 Å². The van der Waals surface area contributed by atoms with E-state index in [0.717, 1.165) is 10.0 Å². The molecule has 0 spiro atoms. The van der Waals surface area contributed by atoms with Crippen LogP contribution in [0.1, 0.15) is 10.4 Å². The van der Waals surface area contributed by atoms with E-state index < -0.39 is 0 Å². The molecule has 0 aliphatic rings. The Bertz CT molecular complexity index is 897. The quantitative estimate of drug-likeness (QED) is 0.434. The summed E-state index contributed by atoms with van der Waals surface area (Å²) in [7, 11) is 1.86. The predicted octanol–water partition coefficient (Wildman–Crippen LogP) is 4.87. The molecule has 7 heteroatoms. The number of halogens is 2. The number of thioether (sulfide) groups is 1. The van der Waals surface area contributed by atoms with Crippen LogP contribution in [0.15, 0.2) is 58.2 Å². The number of hydrogen-bond acceptors (Lipinski definition) is 4. The van der Waals surface area contributed by atoms with E-state index in [1.165, 1.54) is 11.8 Å². The van der Waals surface area contributed by atoms with Crippen molar-refractivity contribution >= 4 is 45.1 Å². The zero-order valence-corrected chi connectivity index (χ0v) is 15.9. The van der Waals surface area contributed by atoms with Crippen LogP contribution in [0, 0.1) is 0 Å². The van der Waals surface area contributed by atoms with E-state index in [1.807, 2.05) is 54.1 Å². The number of nitrogens with zero attached hydrogens (tertiary/aromatic N) is 3. The van der Waals surface area contributed by atoms with E-state index >= 15 is 0 Å². The lowest BCUT2D eigenvalue weighted by atomic mass is 10.1. The second-order valence-electron chi connectivity index (χ2n) is 5.04. The van der Waals surface area contributed by atoms with E-state index in [0.29, 0.717) is 21.6 Å². The van der Waals surface area contributed by atoms with Crippen molar-refractivity contribution in [2.75, 3.05) is 5.75 Å². The third-order valence-corrected chi connectivity index (χ3v) is 5.50. The van der Waals surface area contributed by atoms with Crippen LogP contribution < -0.4 is 0 Å². The molecule has 122 valence electrons. The fourth-order valence-electron chi connectivity index (χ4n) is 2.21. The highest BCUT2D eigenvalue weighted by atomic mass is 79.9. The molecule has 3 aromatic rings. The van der Waals surface area contributed by atoms with Gasteiger partial charge in [0.2, 0.25) is 0 Å². The fourth-order valence-corrected chi connectivity index (χ4v) is 3.73. The summed E-state index contributed by atoms with van der Waals surface area (Å²) in [6.45, 7) is 0. The summed E-state index contributed by atoms with van der Waals surface area (Å²) < 4.78 is 2.64. The molecule has 0 bridgehead atoms. The molecular weight excluding hydrogens is 410 g/mol. The maximum absolute atomic E-state index is 12.4. The number of hydrogen-bond donors (Lipinski definition) is 0. The summed E-state index contributed by atoms with van der Waals surface area (Å²) in [5, 5.41) is 9.67. The second kappa shape index (κ2) is 7.51. The van der Waals surface area contributed by atoms with Crippen molar-refractivity contribution in [3.05, 3.63) is 63.6 Å². The van der Waals surface area contributed by atoms with Crippen LogP contribution in [-0.2, 0) is 7.05 Å². The lowest BCUT2D eigenvalue weighted by Crippen LogP contribution is -2.04. The average Bonchev–Trinajstić information content (AvgIpc) is 2.94. The number of ketones is 1. The highest BCUT2D eigenvalue weighted by Crippen LogP contribution is 2.28. The SMILES string of the molecule is Cn1c(SCC(=O)c2ccccc2Br)nnc1-c1ccccc1Cl. The predicted molar refractivity (Wildman–Crippen MR) is 101 cm³/mol. The van der Waals surface area contributed by atoms with Gasteiger partial charge in [-0.15, -0.1) is 10.2 Å². The number of benzene rings is 2. The van der Waals surface area contributed by atoms with Crippen LogP contribution >= 0.6 is 39.3 Å². The number of carbonyl (C=O) groups excluding carboxylic acids is 1. The summed E-state index contributed by atoms with van der Waals surface area (Å²) >= 11 is 11.0. The first-order valence-corrected chi connectivity index (χ1v) is 9.28. The van der Waals surface area contributed by atoms with Gasteiger partial charge in [0.05, 0.1) is 10.8 Å². The molecule has 3 rings (SSSR count). The number of aromatic nitrogens is 3. The van der Waals surface area contributed by atoms with Gasteiger partial charge >= 0.3 is 0 Å². The molecule has 0 atom stereocenters. The van der Waals surface area contributed by atoms with Crippen molar-refractivity contribution in [1.82, 2.24) is 14.8 Å². The van der Waals surface area contributed by atoms with Gasteiger partial charge in [0.1, 0.15) is 0 Å². The Kier molecular flexibility index (Phi) is 5.38. The first-order valence-electron chi connectivity index (χ1n) is 7.12. The van der Waals surface area contributed by atoms with Gasteiger partial charge in [-0.3, -0.25) is 4.79 Å². The Balaban J connectivity index is 1.77. The summed E-state index contributed by atoms with van der Waals surface area (Å²) in [5.74, 6) is 1.00. The lowest BCUT2D eigenvalue weighted by molar-refractivity contribution is 0.102. The number of rotatable bonds is 5. The number of carbonyl (C=O) groups is 1. The van der Waals surface area contributed by atoms with Crippen LogP contribution in [0.2, 0.25) is 5.02 Å². The minimum atomic E-state index is 0.0368. The van der Waals surface area contributed by atoms with Gasteiger partial charge in [0.25, 0.3) is 0 Å². The van der Waals surface area contributed by atoms with Gasteiger partial charge in [0.15, 0.2) is 16.8 Å². The van der Waals surface area contributed by atoms with Crippen molar-refractivity contribution < 1.29 is 4.79 Å². The molecule has 0 saturated carbocycles. The second-order valence-corrected chi connectivity index (χ2v) is 7.24. The summed E-state index contributed by atoms with van der Waals surface area (Å²) in [6.07, 6.45) is 0. The van der Waals surface area contributed by atoms with E-state index in [-0.39, 0.29) is 11.5 Å². The Hall–Kier alpha value is -1.63. The normalized spacial score (nSPS) is 10.8. The van der Waals surface area contributed by atoms with Gasteiger partial charge in [-0.1, -0.05) is 69.6 Å². The standard InChI is InChI=1S/C17H13BrClN3OS/c1-22-16(12-7-3-5-9-14(12)19)20-21-17(22)24-10-15(23)11-6-2-4-8-13(11)18/h2-9H,10H2,1H3. The van der Waals surface area contributed by atoms with Crippen LogP contribution in [0.3, 0.4) is 0 Å². The minimum absolute atomic E-state index is 0.0368. The van der Waals surface area contributed by atoms with E-state index in [2.05, 4.69) is 26.1 Å². The molecular formula is C17H13BrClN3OS. The maximum atomic E-state index is 12.4. The third-order valence-electron chi connectivity index (χ3n) is 3.46. The van der Waals surface area contributed by atoms with Crippen LogP contribution in [0.4, 0.5) is 0 Å². The Morgan fingerprint density at radius 3 is 2.62 bits per heavy atom. The van der Waals surface area contributed by atoms with Gasteiger partial charge in [-0.2, -0.15) is 0 Å². The van der Waals surface area contributed by atoms with Crippen molar-refractivity contribution in [1.29, 1.82) is 0 Å². The molecule has 4 nitrogen and oxygen atoms in total. The Morgan fingerprint density at radius 2 is 1.88 bits per heavy atom. The van der Waals surface area contributed by atoms with Gasteiger partial charge in [0, 0.05) is 22.6 Å². The molecule has 0 unspecified atom stereocenters. The topological polar surface area (TPSA) is 47.8 Å². The summed E-state index contributed by atoms with van der Waals surface area (Å²) in [4.78, 5) is 12.4. The molecule has 1 heterocycles. The molecule has 0 aliphatic heterocycles. The summed E-state index contributed by atoms with van der Waals surface area (Å²) in [5.41, 5.74) is 1.48. The zero-order valence-electron chi connectivity index (χ0n) is 12.7.